The van der Waals surface area contributed by atoms with Gasteiger partial charge in [-0.3, -0.25) is 9.59 Å². The maximum Gasteiger partial charge on any atom is 0.227 e. The number of rotatable bonds is 3. The van der Waals surface area contributed by atoms with Crippen LogP contribution in [0.5, 0.6) is 0 Å². The number of nitrogens with one attached hydrogen (secondary N) is 1. The van der Waals surface area contributed by atoms with Crippen LogP contribution < -0.4 is 5.32 Å². The van der Waals surface area contributed by atoms with Crippen molar-refractivity contribution in [1.29, 1.82) is 0 Å². The molecule has 0 radical (unpaired) electrons. The molecule has 7 atom stereocenters. The maximum atomic E-state index is 13.9. The summed E-state index contributed by atoms with van der Waals surface area (Å²) in [5.41, 5.74) is 0.406. The highest BCUT2D eigenvalue weighted by molar-refractivity contribution is 5.88. The standard InChI is InChI=1S/C25H42N2O2/c1-15(2)27(16(3)4)23(29)20-14-22(28)26-21-10-9-17-18-8-7-12-24(18,5)13-11-19(17)25(20,21)6/h15-21H,7-14H2,1-6H3,(H,26,28)/t17-,18-,19-,20?,21+,24-,25-/m0/s1. The second kappa shape index (κ2) is 7.27. The molecule has 0 aromatic heterocycles. The molecule has 4 nitrogen and oxygen atoms in total. The first-order chi connectivity index (χ1) is 13.6. The summed E-state index contributed by atoms with van der Waals surface area (Å²) in [6.07, 6.45) is 9.29. The molecular weight excluding hydrogens is 360 g/mol. The summed E-state index contributed by atoms with van der Waals surface area (Å²) in [4.78, 5) is 28.6. The summed E-state index contributed by atoms with van der Waals surface area (Å²) in [5, 5.41) is 3.33. The number of carbonyl (C=O) groups excluding carboxylic acids is 2. The van der Waals surface area contributed by atoms with Crippen molar-refractivity contribution in [3.63, 3.8) is 0 Å². The molecule has 1 heterocycles. The molecule has 1 unspecified atom stereocenters. The van der Waals surface area contributed by atoms with Crippen LogP contribution in [0.4, 0.5) is 0 Å². The number of fused-ring (bicyclic) bond motifs is 5. The third-order valence-electron chi connectivity index (χ3n) is 9.70. The number of amides is 2. The summed E-state index contributed by atoms with van der Waals surface area (Å²) < 4.78 is 0. The van der Waals surface area contributed by atoms with E-state index in [9.17, 15) is 9.59 Å². The Balaban J connectivity index is 1.71. The molecule has 4 fully saturated rings. The summed E-state index contributed by atoms with van der Waals surface area (Å²) >= 11 is 0. The average molecular weight is 403 g/mol. The minimum atomic E-state index is -0.176. The Bertz CT molecular complexity index is 666. The van der Waals surface area contributed by atoms with Crippen LogP contribution in [0.25, 0.3) is 0 Å². The van der Waals surface area contributed by atoms with Crippen LogP contribution in [-0.4, -0.2) is 34.8 Å². The van der Waals surface area contributed by atoms with Crippen LogP contribution in [0, 0.1) is 34.5 Å². The van der Waals surface area contributed by atoms with E-state index in [2.05, 4.69) is 46.9 Å². The van der Waals surface area contributed by atoms with E-state index >= 15 is 0 Å². The largest absolute Gasteiger partial charge is 0.353 e. The molecule has 1 aliphatic heterocycles. The lowest BCUT2D eigenvalue weighted by atomic mass is 9.45. The van der Waals surface area contributed by atoms with E-state index in [-0.39, 0.29) is 41.3 Å². The zero-order valence-corrected chi connectivity index (χ0v) is 19.5. The SMILES string of the molecule is CC(C)N(C(=O)C1CC(=O)N[C@@H]2CC[C@H]3[C@@H]4CCC[C@@]4(C)CC[C@@H]3[C@@]12C)C(C)C. The predicted molar refractivity (Wildman–Crippen MR) is 116 cm³/mol. The van der Waals surface area contributed by atoms with Crippen LogP contribution in [0.3, 0.4) is 0 Å². The van der Waals surface area contributed by atoms with Crippen LogP contribution >= 0.6 is 0 Å². The molecule has 1 saturated heterocycles. The molecule has 1 N–H and O–H groups in total. The third kappa shape index (κ3) is 3.15. The van der Waals surface area contributed by atoms with Gasteiger partial charge in [-0.25, -0.2) is 0 Å². The van der Waals surface area contributed by atoms with E-state index in [1.54, 1.807) is 0 Å². The van der Waals surface area contributed by atoms with Gasteiger partial charge in [0, 0.05) is 30.0 Å². The van der Waals surface area contributed by atoms with Gasteiger partial charge in [0.25, 0.3) is 0 Å². The molecule has 0 aromatic rings. The molecule has 3 aliphatic carbocycles. The number of carbonyl (C=O) groups is 2. The molecule has 164 valence electrons. The van der Waals surface area contributed by atoms with Gasteiger partial charge in [-0.15, -0.1) is 0 Å². The van der Waals surface area contributed by atoms with E-state index in [0.717, 1.165) is 18.3 Å². The fourth-order valence-electron chi connectivity index (χ4n) is 8.41. The average Bonchev–Trinajstić information content (AvgIpc) is 3.02. The highest BCUT2D eigenvalue weighted by Gasteiger charge is 2.62. The molecule has 29 heavy (non-hydrogen) atoms. The number of piperidine rings is 1. The van der Waals surface area contributed by atoms with Gasteiger partial charge >= 0.3 is 0 Å². The van der Waals surface area contributed by atoms with Crippen molar-refractivity contribution in [3.05, 3.63) is 0 Å². The molecule has 2 amide bonds. The first-order valence-corrected chi connectivity index (χ1v) is 12.2. The Labute approximate surface area is 177 Å². The topological polar surface area (TPSA) is 49.4 Å². The number of hydrogen-bond acceptors (Lipinski definition) is 2. The molecule has 4 rings (SSSR count). The maximum absolute atomic E-state index is 13.9. The van der Waals surface area contributed by atoms with Gasteiger partial charge in [0.05, 0.1) is 5.92 Å². The van der Waals surface area contributed by atoms with Gasteiger partial charge < -0.3 is 10.2 Å². The lowest BCUT2D eigenvalue weighted by molar-refractivity contribution is -0.167. The fourth-order valence-corrected chi connectivity index (χ4v) is 8.41. The third-order valence-corrected chi connectivity index (χ3v) is 9.70. The van der Waals surface area contributed by atoms with Crippen LogP contribution in [0.15, 0.2) is 0 Å². The molecule has 4 heteroatoms. The highest BCUT2D eigenvalue weighted by atomic mass is 16.2. The van der Waals surface area contributed by atoms with Crippen molar-refractivity contribution >= 4 is 11.8 Å². The number of hydrogen-bond donors (Lipinski definition) is 1. The summed E-state index contributed by atoms with van der Waals surface area (Å²) in [6, 6.07) is 0.489. The second-order valence-electron chi connectivity index (χ2n) is 11.7. The van der Waals surface area contributed by atoms with Crippen molar-refractivity contribution in [2.24, 2.45) is 34.5 Å². The normalized spacial score (nSPS) is 44.1. The molecule has 0 aromatic carbocycles. The van der Waals surface area contributed by atoms with Crippen molar-refractivity contribution < 1.29 is 9.59 Å². The molecule has 0 spiro atoms. The van der Waals surface area contributed by atoms with Crippen LogP contribution in [0.1, 0.15) is 92.9 Å². The second-order valence-corrected chi connectivity index (χ2v) is 11.7. The van der Waals surface area contributed by atoms with Crippen molar-refractivity contribution in [2.75, 3.05) is 0 Å². The smallest absolute Gasteiger partial charge is 0.227 e. The van der Waals surface area contributed by atoms with Gasteiger partial charge in [0.15, 0.2) is 0 Å². The van der Waals surface area contributed by atoms with Gasteiger partial charge in [-0.2, -0.15) is 0 Å². The lowest BCUT2D eigenvalue weighted by Crippen LogP contribution is -2.67. The Morgan fingerprint density at radius 2 is 1.69 bits per heavy atom. The van der Waals surface area contributed by atoms with E-state index in [1.165, 1.54) is 38.5 Å². The Morgan fingerprint density at radius 3 is 2.34 bits per heavy atom. The predicted octanol–water partition coefficient (Wildman–Crippen LogP) is 4.77. The Kier molecular flexibility index (Phi) is 5.31. The first-order valence-electron chi connectivity index (χ1n) is 12.2. The molecule has 3 saturated carbocycles. The zero-order chi connectivity index (χ0) is 21.1. The molecule has 4 aliphatic rings. The van der Waals surface area contributed by atoms with Crippen molar-refractivity contribution in [1.82, 2.24) is 10.2 Å². The number of nitrogens with zero attached hydrogens (tertiary/aromatic N) is 1. The monoisotopic (exact) mass is 402 g/mol. The quantitative estimate of drug-likeness (QED) is 0.739. The summed E-state index contributed by atoms with van der Waals surface area (Å²) in [5.74, 6) is 2.24. The molecular formula is C25H42N2O2. The van der Waals surface area contributed by atoms with E-state index in [4.69, 9.17) is 0 Å². The zero-order valence-electron chi connectivity index (χ0n) is 19.5. The summed E-state index contributed by atoms with van der Waals surface area (Å²) in [7, 11) is 0. The summed E-state index contributed by atoms with van der Waals surface area (Å²) in [6.45, 7) is 13.3. The van der Waals surface area contributed by atoms with Gasteiger partial charge in [-0.05, 0) is 89.4 Å². The van der Waals surface area contributed by atoms with Crippen LogP contribution in [0.2, 0.25) is 0 Å². The van der Waals surface area contributed by atoms with E-state index in [0.29, 0.717) is 17.8 Å². The van der Waals surface area contributed by atoms with Crippen molar-refractivity contribution in [2.45, 2.75) is 111 Å². The lowest BCUT2D eigenvalue weighted by Gasteiger charge is -2.62. The first kappa shape index (κ1) is 21.2. The van der Waals surface area contributed by atoms with Crippen LogP contribution in [-0.2, 0) is 9.59 Å². The minimum absolute atomic E-state index is 0.0817. The van der Waals surface area contributed by atoms with Gasteiger partial charge in [0.1, 0.15) is 0 Å². The van der Waals surface area contributed by atoms with Gasteiger partial charge in [0.2, 0.25) is 11.8 Å². The van der Waals surface area contributed by atoms with Gasteiger partial charge in [-0.1, -0.05) is 20.3 Å². The molecule has 0 bridgehead atoms. The Morgan fingerprint density at radius 1 is 1.00 bits per heavy atom. The Hall–Kier alpha value is -1.06. The van der Waals surface area contributed by atoms with Crippen molar-refractivity contribution in [3.8, 4) is 0 Å². The van der Waals surface area contributed by atoms with E-state index in [1.807, 2.05) is 4.90 Å². The minimum Gasteiger partial charge on any atom is -0.353 e. The van der Waals surface area contributed by atoms with E-state index < -0.39 is 0 Å². The fraction of sp³-hybridized carbons (Fsp3) is 0.920. The highest BCUT2D eigenvalue weighted by Crippen LogP contribution is 2.65.